The van der Waals surface area contributed by atoms with Gasteiger partial charge in [0.15, 0.2) is 0 Å². The van der Waals surface area contributed by atoms with Crippen molar-refractivity contribution < 1.29 is 10.2 Å². The predicted molar refractivity (Wildman–Crippen MR) is 111 cm³/mol. The summed E-state index contributed by atoms with van der Waals surface area (Å²) in [5.74, 6) is 0.691. The number of phenols is 1. The zero-order valence-corrected chi connectivity index (χ0v) is 18.0. The van der Waals surface area contributed by atoms with Gasteiger partial charge in [-0.25, -0.2) is 0 Å². The SMILES string of the molecule is CC(C)(C)CC(C)(C)CC(C)(C)c1ccc(C2CCCC(O)C2)c(O)c1. The molecule has 2 rings (SSSR count). The molecule has 0 spiro atoms. The highest BCUT2D eigenvalue weighted by Crippen LogP contribution is 2.45. The van der Waals surface area contributed by atoms with Crippen molar-refractivity contribution in [1.29, 1.82) is 0 Å². The largest absolute Gasteiger partial charge is 0.508 e. The van der Waals surface area contributed by atoms with Crippen molar-refractivity contribution in [1.82, 2.24) is 0 Å². The monoisotopic (exact) mass is 360 g/mol. The lowest BCUT2D eigenvalue weighted by Crippen LogP contribution is -2.30. The van der Waals surface area contributed by atoms with E-state index < -0.39 is 0 Å². The topological polar surface area (TPSA) is 40.5 Å². The minimum atomic E-state index is -0.220. The van der Waals surface area contributed by atoms with Gasteiger partial charge in [0.25, 0.3) is 0 Å². The lowest BCUT2D eigenvalue weighted by atomic mass is 9.66. The zero-order valence-electron chi connectivity index (χ0n) is 18.0. The minimum absolute atomic E-state index is 0.0108. The number of aliphatic hydroxyl groups is 1. The van der Waals surface area contributed by atoms with E-state index in [0.29, 0.717) is 11.2 Å². The molecule has 2 atom stereocenters. The molecular formula is C24H40O2. The van der Waals surface area contributed by atoms with E-state index in [1.165, 1.54) is 12.0 Å². The maximum absolute atomic E-state index is 10.7. The predicted octanol–water partition coefficient (Wildman–Crippen LogP) is 6.54. The molecule has 1 fully saturated rings. The van der Waals surface area contributed by atoms with Gasteiger partial charge in [0, 0.05) is 0 Å². The van der Waals surface area contributed by atoms with Crippen LogP contribution in [-0.4, -0.2) is 16.3 Å². The van der Waals surface area contributed by atoms with Gasteiger partial charge in [0.05, 0.1) is 6.10 Å². The summed E-state index contributed by atoms with van der Waals surface area (Å²) < 4.78 is 0. The van der Waals surface area contributed by atoms with Crippen LogP contribution in [0.1, 0.15) is 104 Å². The Balaban J connectivity index is 2.18. The summed E-state index contributed by atoms with van der Waals surface area (Å²) in [6.07, 6.45) is 5.81. The summed E-state index contributed by atoms with van der Waals surface area (Å²) >= 11 is 0. The number of aromatic hydroxyl groups is 1. The molecule has 1 aliphatic carbocycles. The molecule has 0 radical (unpaired) electrons. The fraction of sp³-hybridized carbons (Fsp3) is 0.750. The number of benzene rings is 1. The van der Waals surface area contributed by atoms with Crippen LogP contribution in [0.25, 0.3) is 0 Å². The quantitative estimate of drug-likeness (QED) is 0.626. The molecule has 0 amide bonds. The van der Waals surface area contributed by atoms with Crippen molar-refractivity contribution in [2.24, 2.45) is 10.8 Å². The number of hydrogen-bond donors (Lipinski definition) is 2. The van der Waals surface area contributed by atoms with Gasteiger partial charge in [-0.3, -0.25) is 0 Å². The summed E-state index contributed by atoms with van der Waals surface area (Å²) in [5, 5.41) is 20.7. The van der Waals surface area contributed by atoms with Crippen LogP contribution in [0.15, 0.2) is 18.2 Å². The van der Waals surface area contributed by atoms with Gasteiger partial charge >= 0.3 is 0 Å². The second-order valence-corrected chi connectivity index (χ2v) is 11.3. The average molecular weight is 361 g/mol. The van der Waals surface area contributed by atoms with Crippen LogP contribution >= 0.6 is 0 Å². The van der Waals surface area contributed by atoms with E-state index in [1.807, 2.05) is 6.07 Å². The van der Waals surface area contributed by atoms with E-state index in [-0.39, 0.29) is 22.9 Å². The smallest absolute Gasteiger partial charge is 0.119 e. The lowest BCUT2D eigenvalue weighted by molar-refractivity contribution is 0.119. The molecule has 0 heterocycles. The summed E-state index contributed by atoms with van der Waals surface area (Å²) in [6.45, 7) is 16.2. The minimum Gasteiger partial charge on any atom is -0.508 e. The second kappa shape index (κ2) is 7.54. The van der Waals surface area contributed by atoms with E-state index in [1.54, 1.807) is 0 Å². The van der Waals surface area contributed by atoms with E-state index >= 15 is 0 Å². The first-order chi connectivity index (χ1) is 11.8. The van der Waals surface area contributed by atoms with Gasteiger partial charge in [-0.2, -0.15) is 0 Å². The Morgan fingerprint density at radius 1 is 0.962 bits per heavy atom. The second-order valence-electron chi connectivity index (χ2n) is 11.3. The molecule has 0 saturated heterocycles. The molecule has 1 aliphatic rings. The summed E-state index contributed by atoms with van der Waals surface area (Å²) in [7, 11) is 0. The van der Waals surface area contributed by atoms with Gasteiger partial charge in [0.1, 0.15) is 5.75 Å². The number of phenolic OH excluding ortho intramolecular Hbond substituents is 1. The Morgan fingerprint density at radius 3 is 2.15 bits per heavy atom. The first kappa shape index (κ1) is 21.3. The maximum atomic E-state index is 10.7. The van der Waals surface area contributed by atoms with Gasteiger partial charge in [-0.1, -0.05) is 67.0 Å². The van der Waals surface area contributed by atoms with Crippen molar-refractivity contribution >= 4 is 0 Å². The average Bonchev–Trinajstić information content (AvgIpc) is 2.43. The van der Waals surface area contributed by atoms with Gasteiger partial charge in [-0.05, 0) is 71.5 Å². The van der Waals surface area contributed by atoms with Crippen molar-refractivity contribution in [3.8, 4) is 5.75 Å². The molecule has 0 aliphatic heterocycles. The molecule has 2 nitrogen and oxygen atoms in total. The highest BCUT2D eigenvalue weighted by molar-refractivity contribution is 5.41. The molecule has 26 heavy (non-hydrogen) atoms. The van der Waals surface area contributed by atoms with E-state index in [9.17, 15) is 10.2 Å². The molecule has 1 saturated carbocycles. The molecule has 2 unspecified atom stereocenters. The van der Waals surface area contributed by atoms with Crippen molar-refractivity contribution in [3.05, 3.63) is 29.3 Å². The molecule has 1 aromatic carbocycles. The molecule has 2 N–H and O–H groups in total. The lowest BCUT2D eigenvalue weighted by Gasteiger charge is -2.39. The number of aliphatic hydroxyl groups excluding tert-OH is 1. The van der Waals surface area contributed by atoms with Gasteiger partial charge < -0.3 is 10.2 Å². The van der Waals surface area contributed by atoms with Crippen LogP contribution in [0.3, 0.4) is 0 Å². The summed E-state index contributed by atoms with van der Waals surface area (Å²) in [6, 6.07) is 6.28. The third kappa shape index (κ3) is 5.74. The molecular weight excluding hydrogens is 320 g/mol. The van der Waals surface area contributed by atoms with Crippen LogP contribution in [0.5, 0.6) is 5.75 Å². The Hall–Kier alpha value is -1.02. The Bertz CT molecular complexity index is 607. The third-order valence-electron chi connectivity index (χ3n) is 5.83. The highest BCUT2D eigenvalue weighted by Gasteiger charge is 2.34. The van der Waals surface area contributed by atoms with Crippen molar-refractivity contribution in [2.75, 3.05) is 0 Å². The van der Waals surface area contributed by atoms with Crippen LogP contribution in [0, 0.1) is 10.8 Å². The first-order valence-corrected chi connectivity index (χ1v) is 10.3. The van der Waals surface area contributed by atoms with Crippen LogP contribution in [-0.2, 0) is 5.41 Å². The molecule has 2 heteroatoms. The highest BCUT2D eigenvalue weighted by atomic mass is 16.3. The normalized spacial score (nSPS) is 22.5. The number of rotatable bonds is 5. The number of hydrogen-bond acceptors (Lipinski definition) is 2. The fourth-order valence-electron chi connectivity index (χ4n) is 5.55. The van der Waals surface area contributed by atoms with E-state index in [4.69, 9.17) is 0 Å². The van der Waals surface area contributed by atoms with E-state index in [0.717, 1.165) is 37.7 Å². The van der Waals surface area contributed by atoms with Crippen molar-refractivity contribution in [3.63, 3.8) is 0 Å². The summed E-state index contributed by atoms with van der Waals surface area (Å²) in [5.41, 5.74) is 2.78. The van der Waals surface area contributed by atoms with Gasteiger partial charge in [0.2, 0.25) is 0 Å². The van der Waals surface area contributed by atoms with Crippen molar-refractivity contribution in [2.45, 2.75) is 104 Å². The maximum Gasteiger partial charge on any atom is 0.119 e. The standard InChI is InChI=1S/C24H40O2/c1-22(2,3)15-23(4,5)16-24(6,7)18-11-12-20(21(26)14-18)17-9-8-10-19(25)13-17/h11-12,14,17,19,25-26H,8-10,13,15-16H2,1-7H3. The Kier molecular flexibility index (Phi) is 6.17. The molecule has 1 aromatic rings. The van der Waals surface area contributed by atoms with E-state index in [2.05, 4.69) is 60.6 Å². The van der Waals surface area contributed by atoms with Crippen LogP contribution in [0.2, 0.25) is 0 Å². The third-order valence-corrected chi connectivity index (χ3v) is 5.83. The van der Waals surface area contributed by atoms with Gasteiger partial charge in [-0.15, -0.1) is 0 Å². The molecule has 148 valence electrons. The fourth-order valence-corrected chi connectivity index (χ4v) is 5.55. The Labute approximate surface area is 161 Å². The first-order valence-electron chi connectivity index (χ1n) is 10.3. The molecule has 0 bridgehead atoms. The Morgan fingerprint density at radius 2 is 1.62 bits per heavy atom. The zero-order chi connectivity index (χ0) is 19.8. The summed E-state index contributed by atoms with van der Waals surface area (Å²) in [4.78, 5) is 0. The van der Waals surface area contributed by atoms with Crippen LogP contribution in [0.4, 0.5) is 0 Å². The molecule has 0 aromatic heterocycles. The van der Waals surface area contributed by atoms with Crippen LogP contribution < -0.4 is 0 Å².